The first-order valence-corrected chi connectivity index (χ1v) is 8.68. The lowest BCUT2D eigenvalue weighted by Crippen LogP contribution is -2.35. The summed E-state index contributed by atoms with van der Waals surface area (Å²) in [6.07, 6.45) is 0.768. The van der Waals surface area contributed by atoms with Gasteiger partial charge in [-0.25, -0.2) is 0 Å². The van der Waals surface area contributed by atoms with Crippen LogP contribution in [0.25, 0.3) is 0 Å². The van der Waals surface area contributed by atoms with Gasteiger partial charge in [0.25, 0.3) is 0 Å². The van der Waals surface area contributed by atoms with Gasteiger partial charge in [0.15, 0.2) is 11.5 Å². The molecule has 2 aromatic rings. The molecule has 1 unspecified atom stereocenters. The fourth-order valence-corrected chi connectivity index (χ4v) is 4.07. The molecule has 0 heterocycles. The zero-order valence-corrected chi connectivity index (χ0v) is 15.0. The molecular weight excluding hydrogens is 316 g/mol. The van der Waals surface area contributed by atoms with Crippen LogP contribution in [0.1, 0.15) is 33.7 Å². The first-order chi connectivity index (χ1) is 12.0. The fraction of sp³-hybridized carbons (Fsp3) is 0.429. The van der Waals surface area contributed by atoms with Crippen molar-refractivity contribution in [2.24, 2.45) is 11.8 Å². The summed E-state index contributed by atoms with van der Waals surface area (Å²) in [5.41, 5.74) is 5.85. The molecule has 0 amide bonds. The predicted octanol–water partition coefficient (Wildman–Crippen LogP) is 2.92. The van der Waals surface area contributed by atoms with Crippen molar-refractivity contribution in [3.8, 4) is 11.5 Å². The van der Waals surface area contributed by atoms with Crippen LogP contribution in [-0.4, -0.2) is 35.6 Å². The maximum Gasteiger partial charge on any atom is 0.160 e. The van der Waals surface area contributed by atoms with Gasteiger partial charge < -0.3 is 20.1 Å². The Kier molecular flexibility index (Phi) is 5.02. The van der Waals surface area contributed by atoms with Gasteiger partial charge in [-0.15, -0.1) is 0 Å². The van der Waals surface area contributed by atoms with Crippen molar-refractivity contribution < 1.29 is 20.1 Å². The smallest absolute Gasteiger partial charge is 0.160 e. The number of hydrogen-bond donors (Lipinski definition) is 3. The average molecular weight is 342 g/mol. The van der Waals surface area contributed by atoms with Crippen LogP contribution in [-0.2, 0) is 6.42 Å². The lowest BCUT2D eigenvalue weighted by Gasteiger charge is -2.39. The molecule has 4 heteroatoms. The third-order valence-electron chi connectivity index (χ3n) is 5.61. The van der Waals surface area contributed by atoms with E-state index < -0.39 is 0 Å². The van der Waals surface area contributed by atoms with Gasteiger partial charge in [0.1, 0.15) is 0 Å². The molecule has 0 aromatic heterocycles. The van der Waals surface area contributed by atoms with E-state index in [0.29, 0.717) is 5.75 Å². The normalized spacial score (nSPS) is 22.5. The number of ether oxygens (including phenoxy) is 1. The molecule has 0 aliphatic heterocycles. The second-order valence-electron chi connectivity index (χ2n) is 7.04. The van der Waals surface area contributed by atoms with E-state index in [1.807, 2.05) is 12.1 Å². The minimum Gasteiger partial charge on any atom is -0.504 e. The van der Waals surface area contributed by atoms with E-state index in [1.165, 1.54) is 29.4 Å². The lowest BCUT2D eigenvalue weighted by molar-refractivity contribution is 0.101. The van der Waals surface area contributed by atoms with Crippen molar-refractivity contribution in [3.05, 3.63) is 58.1 Å². The molecule has 1 aliphatic carbocycles. The molecule has 0 saturated heterocycles. The lowest BCUT2D eigenvalue weighted by atomic mass is 9.66. The van der Waals surface area contributed by atoms with E-state index in [1.54, 1.807) is 6.07 Å². The minimum atomic E-state index is -0.0751. The topological polar surface area (TPSA) is 69.9 Å². The van der Waals surface area contributed by atoms with Crippen LogP contribution in [0.4, 0.5) is 0 Å². The van der Waals surface area contributed by atoms with E-state index in [9.17, 15) is 15.3 Å². The van der Waals surface area contributed by atoms with Crippen molar-refractivity contribution in [2.75, 3.05) is 20.3 Å². The summed E-state index contributed by atoms with van der Waals surface area (Å²) in [7, 11) is 1.53. The SMILES string of the molecule is COc1cc(C2c3cc(C)c(C)cc3C[C@H](CO)[C@H]2CO)ccc1O. The number of aliphatic hydroxyl groups is 2. The highest BCUT2D eigenvalue weighted by Crippen LogP contribution is 2.45. The molecule has 3 rings (SSSR count). The van der Waals surface area contributed by atoms with Crippen molar-refractivity contribution in [1.29, 1.82) is 0 Å². The van der Waals surface area contributed by atoms with Gasteiger partial charge in [0.05, 0.1) is 7.11 Å². The largest absolute Gasteiger partial charge is 0.504 e. The van der Waals surface area contributed by atoms with Crippen molar-refractivity contribution in [2.45, 2.75) is 26.2 Å². The Hall–Kier alpha value is -2.04. The Morgan fingerprint density at radius 3 is 2.40 bits per heavy atom. The number of aryl methyl sites for hydroxylation is 2. The number of methoxy groups -OCH3 is 1. The number of hydrogen-bond acceptors (Lipinski definition) is 4. The van der Waals surface area contributed by atoms with Crippen molar-refractivity contribution in [1.82, 2.24) is 0 Å². The van der Waals surface area contributed by atoms with Crippen LogP contribution in [0.2, 0.25) is 0 Å². The van der Waals surface area contributed by atoms with Gasteiger partial charge in [0.2, 0.25) is 0 Å². The number of benzene rings is 2. The number of phenols is 1. The van der Waals surface area contributed by atoms with Gasteiger partial charge in [-0.05, 0) is 72.1 Å². The zero-order chi connectivity index (χ0) is 18.1. The summed E-state index contributed by atoms with van der Waals surface area (Å²) in [5.74, 6) is 0.408. The summed E-state index contributed by atoms with van der Waals surface area (Å²) >= 11 is 0. The maximum atomic E-state index is 10.1. The highest BCUT2D eigenvalue weighted by Gasteiger charge is 2.37. The summed E-state index contributed by atoms with van der Waals surface area (Å²) in [6, 6.07) is 9.74. The highest BCUT2D eigenvalue weighted by atomic mass is 16.5. The van der Waals surface area contributed by atoms with E-state index >= 15 is 0 Å². The van der Waals surface area contributed by atoms with Crippen LogP contribution < -0.4 is 4.74 Å². The van der Waals surface area contributed by atoms with E-state index in [-0.39, 0.29) is 36.7 Å². The van der Waals surface area contributed by atoms with Crippen LogP contribution >= 0.6 is 0 Å². The summed E-state index contributed by atoms with van der Waals surface area (Å²) in [6.45, 7) is 4.24. The third-order valence-corrected chi connectivity index (χ3v) is 5.61. The van der Waals surface area contributed by atoms with Gasteiger partial charge in [-0.3, -0.25) is 0 Å². The summed E-state index contributed by atoms with van der Waals surface area (Å²) in [4.78, 5) is 0. The third kappa shape index (κ3) is 3.12. The molecule has 1 aliphatic rings. The summed E-state index contributed by atoms with van der Waals surface area (Å²) < 4.78 is 5.27. The standard InChI is InChI=1S/C21H26O4/c1-12-6-15-8-16(10-22)18(11-23)21(17(15)7-13(12)2)14-4-5-19(24)20(9-14)25-3/h4-7,9,16,18,21-24H,8,10-11H2,1-3H3/t16-,18-,21?/m1/s1. The Labute approximate surface area is 148 Å². The average Bonchev–Trinajstić information content (AvgIpc) is 2.62. The van der Waals surface area contributed by atoms with Crippen LogP contribution in [0.5, 0.6) is 11.5 Å². The van der Waals surface area contributed by atoms with Crippen LogP contribution in [0.15, 0.2) is 30.3 Å². The molecule has 0 radical (unpaired) electrons. The molecule has 3 atom stereocenters. The molecule has 2 aromatic carbocycles. The van der Waals surface area contributed by atoms with E-state index in [2.05, 4.69) is 26.0 Å². The van der Waals surface area contributed by atoms with E-state index in [0.717, 1.165) is 12.0 Å². The van der Waals surface area contributed by atoms with Crippen LogP contribution in [0, 0.1) is 25.7 Å². The Balaban J connectivity index is 2.19. The van der Waals surface area contributed by atoms with E-state index in [4.69, 9.17) is 4.74 Å². The molecular formula is C21H26O4. The highest BCUT2D eigenvalue weighted by molar-refractivity contribution is 5.50. The fourth-order valence-electron chi connectivity index (χ4n) is 4.07. The van der Waals surface area contributed by atoms with Crippen molar-refractivity contribution >= 4 is 0 Å². The summed E-state index contributed by atoms with van der Waals surface area (Å²) in [5, 5.41) is 29.9. The monoisotopic (exact) mass is 342 g/mol. The molecule has 4 nitrogen and oxygen atoms in total. The van der Waals surface area contributed by atoms with Gasteiger partial charge in [-0.2, -0.15) is 0 Å². The van der Waals surface area contributed by atoms with Gasteiger partial charge in [0, 0.05) is 19.1 Å². The molecule has 3 N–H and O–H groups in total. The second kappa shape index (κ2) is 7.06. The Morgan fingerprint density at radius 1 is 1.04 bits per heavy atom. The molecule has 0 spiro atoms. The maximum absolute atomic E-state index is 10.1. The first-order valence-electron chi connectivity index (χ1n) is 8.68. The number of phenolic OH excluding ortho intramolecular Hbond substituents is 1. The predicted molar refractivity (Wildman–Crippen MR) is 97.3 cm³/mol. The van der Waals surface area contributed by atoms with Crippen molar-refractivity contribution in [3.63, 3.8) is 0 Å². The quantitative estimate of drug-likeness (QED) is 0.799. The molecule has 0 bridgehead atoms. The van der Waals surface area contributed by atoms with Gasteiger partial charge in [-0.1, -0.05) is 18.2 Å². The number of aromatic hydroxyl groups is 1. The first kappa shape index (κ1) is 17.8. The molecule has 0 fully saturated rings. The number of rotatable bonds is 4. The molecule has 0 saturated carbocycles. The molecule has 25 heavy (non-hydrogen) atoms. The number of fused-ring (bicyclic) bond motifs is 1. The number of aliphatic hydroxyl groups excluding tert-OH is 2. The minimum absolute atomic E-state index is 0.00408. The van der Waals surface area contributed by atoms with Gasteiger partial charge >= 0.3 is 0 Å². The second-order valence-corrected chi connectivity index (χ2v) is 7.04. The Morgan fingerprint density at radius 2 is 1.76 bits per heavy atom. The van der Waals surface area contributed by atoms with Crippen LogP contribution in [0.3, 0.4) is 0 Å². The zero-order valence-electron chi connectivity index (χ0n) is 15.0. The molecule has 134 valence electrons. The Bertz CT molecular complexity index is 769.